The van der Waals surface area contributed by atoms with Crippen LogP contribution < -0.4 is 0 Å². The highest BCUT2D eigenvalue weighted by molar-refractivity contribution is 5.08. The molecule has 4 nitrogen and oxygen atoms in total. The summed E-state index contributed by atoms with van der Waals surface area (Å²) >= 11 is 0. The van der Waals surface area contributed by atoms with E-state index in [0.717, 1.165) is 32.1 Å². The van der Waals surface area contributed by atoms with Crippen LogP contribution in [0.15, 0.2) is 24.3 Å². The van der Waals surface area contributed by atoms with Crippen LogP contribution in [0, 0.1) is 11.8 Å². The van der Waals surface area contributed by atoms with Crippen molar-refractivity contribution in [2.75, 3.05) is 0 Å². The Morgan fingerprint density at radius 3 is 1.69 bits per heavy atom. The predicted octanol–water partition coefficient (Wildman–Crippen LogP) is 3.73. The van der Waals surface area contributed by atoms with Crippen LogP contribution in [0.1, 0.15) is 79.1 Å². The van der Waals surface area contributed by atoms with Gasteiger partial charge in [-0.15, -0.1) is 0 Å². The number of hydrogen-bond acceptors (Lipinski definition) is 4. The van der Waals surface area contributed by atoms with E-state index in [2.05, 4.69) is 43.9 Å². The minimum absolute atomic E-state index is 0.254. The molecule has 4 heteroatoms. The van der Waals surface area contributed by atoms with Crippen molar-refractivity contribution in [3.8, 4) is 11.8 Å². The Hall–Kier alpha value is -1.12. The molecule has 0 radical (unpaired) electrons. The van der Waals surface area contributed by atoms with Crippen LogP contribution in [-0.2, 0) is 0 Å². The van der Waals surface area contributed by atoms with Gasteiger partial charge in [-0.05, 0) is 65.2 Å². The van der Waals surface area contributed by atoms with E-state index in [0.29, 0.717) is 19.3 Å². The van der Waals surface area contributed by atoms with Crippen LogP contribution in [-0.4, -0.2) is 44.8 Å². The molecule has 0 aliphatic rings. The SMILES string of the molecule is CCC=CCCC(O)C#CC(C)O.CCC=CCCC(O)CCC(C)O. The predicted molar refractivity (Wildman–Crippen MR) is 110 cm³/mol. The molecule has 26 heavy (non-hydrogen) atoms. The fourth-order valence-corrected chi connectivity index (χ4v) is 1.98. The molecule has 0 aliphatic carbocycles. The maximum absolute atomic E-state index is 9.45. The Balaban J connectivity index is 0. The van der Waals surface area contributed by atoms with Gasteiger partial charge in [0.25, 0.3) is 0 Å². The summed E-state index contributed by atoms with van der Waals surface area (Å²) in [5.74, 6) is 5.10. The van der Waals surface area contributed by atoms with Gasteiger partial charge >= 0.3 is 0 Å². The molecule has 0 aromatic heterocycles. The molecule has 152 valence electrons. The molecular formula is C22H40O4. The number of allylic oxidation sites excluding steroid dienone is 4. The van der Waals surface area contributed by atoms with Gasteiger partial charge in [-0.3, -0.25) is 0 Å². The average Bonchev–Trinajstić information content (AvgIpc) is 2.59. The lowest BCUT2D eigenvalue weighted by Crippen LogP contribution is -2.10. The Morgan fingerprint density at radius 1 is 0.692 bits per heavy atom. The summed E-state index contributed by atoms with van der Waals surface area (Å²) < 4.78 is 0. The molecule has 0 amide bonds. The minimum atomic E-state index is -0.652. The van der Waals surface area contributed by atoms with Crippen molar-refractivity contribution in [1.29, 1.82) is 0 Å². The minimum Gasteiger partial charge on any atom is -0.393 e. The highest BCUT2D eigenvalue weighted by Crippen LogP contribution is 2.07. The Kier molecular flexibility index (Phi) is 21.1. The van der Waals surface area contributed by atoms with E-state index >= 15 is 0 Å². The monoisotopic (exact) mass is 368 g/mol. The summed E-state index contributed by atoms with van der Waals surface area (Å²) in [6, 6.07) is 0. The quantitative estimate of drug-likeness (QED) is 0.331. The van der Waals surface area contributed by atoms with E-state index in [9.17, 15) is 10.2 Å². The molecule has 0 aromatic rings. The molecule has 0 bridgehead atoms. The summed E-state index contributed by atoms with van der Waals surface area (Å²) in [5.41, 5.74) is 0. The lowest BCUT2D eigenvalue weighted by atomic mass is 10.1. The van der Waals surface area contributed by atoms with Gasteiger partial charge in [0.05, 0.1) is 12.2 Å². The summed E-state index contributed by atoms with van der Waals surface area (Å²) in [6.45, 7) is 7.50. The van der Waals surface area contributed by atoms with Gasteiger partial charge in [-0.2, -0.15) is 0 Å². The smallest absolute Gasteiger partial charge is 0.115 e. The Bertz CT molecular complexity index is 402. The summed E-state index contributed by atoms with van der Waals surface area (Å²) in [4.78, 5) is 0. The van der Waals surface area contributed by atoms with Gasteiger partial charge in [0, 0.05) is 0 Å². The van der Waals surface area contributed by atoms with Crippen LogP contribution in [0.5, 0.6) is 0 Å². The summed E-state index contributed by atoms with van der Waals surface area (Å²) in [5, 5.41) is 36.5. The Morgan fingerprint density at radius 2 is 1.23 bits per heavy atom. The maximum Gasteiger partial charge on any atom is 0.115 e. The number of rotatable bonds is 11. The van der Waals surface area contributed by atoms with Crippen LogP contribution in [0.2, 0.25) is 0 Å². The largest absolute Gasteiger partial charge is 0.393 e. The van der Waals surface area contributed by atoms with Crippen LogP contribution in [0.4, 0.5) is 0 Å². The molecule has 0 aliphatic heterocycles. The fraction of sp³-hybridized carbons (Fsp3) is 0.727. The van der Waals surface area contributed by atoms with Crippen molar-refractivity contribution in [2.24, 2.45) is 0 Å². The highest BCUT2D eigenvalue weighted by Gasteiger charge is 2.04. The second-order valence-corrected chi connectivity index (χ2v) is 6.47. The van der Waals surface area contributed by atoms with Gasteiger partial charge in [-0.1, -0.05) is 50.0 Å². The Labute approximate surface area is 160 Å². The molecule has 0 rings (SSSR count). The molecule has 0 aromatic carbocycles. The van der Waals surface area contributed by atoms with Crippen LogP contribution in [0.25, 0.3) is 0 Å². The summed E-state index contributed by atoms with van der Waals surface area (Å²) in [7, 11) is 0. The fourth-order valence-electron chi connectivity index (χ4n) is 1.98. The lowest BCUT2D eigenvalue weighted by molar-refractivity contribution is 0.117. The van der Waals surface area contributed by atoms with E-state index in [-0.39, 0.29) is 12.2 Å². The molecule has 0 saturated heterocycles. The molecule has 4 N–H and O–H groups in total. The molecule has 0 spiro atoms. The van der Waals surface area contributed by atoms with E-state index in [1.54, 1.807) is 13.8 Å². The van der Waals surface area contributed by atoms with Crippen molar-refractivity contribution in [3.05, 3.63) is 24.3 Å². The van der Waals surface area contributed by atoms with E-state index in [1.807, 2.05) is 6.08 Å². The van der Waals surface area contributed by atoms with Crippen molar-refractivity contribution in [2.45, 2.75) is 103 Å². The normalized spacial score (nSPS) is 15.7. The second kappa shape index (κ2) is 20.2. The first-order valence-corrected chi connectivity index (χ1v) is 9.86. The van der Waals surface area contributed by atoms with Crippen molar-refractivity contribution < 1.29 is 20.4 Å². The molecular weight excluding hydrogens is 328 g/mol. The molecule has 4 unspecified atom stereocenters. The average molecular weight is 369 g/mol. The number of hydrogen-bond donors (Lipinski definition) is 4. The third kappa shape index (κ3) is 25.1. The first-order valence-electron chi connectivity index (χ1n) is 9.86. The van der Waals surface area contributed by atoms with Gasteiger partial charge < -0.3 is 20.4 Å². The zero-order chi connectivity index (χ0) is 20.2. The van der Waals surface area contributed by atoms with Gasteiger partial charge in [0.2, 0.25) is 0 Å². The van der Waals surface area contributed by atoms with Crippen LogP contribution in [0.3, 0.4) is 0 Å². The van der Waals surface area contributed by atoms with Crippen molar-refractivity contribution in [3.63, 3.8) is 0 Å². The zero-order valence-corrected chi connectivity index (χ0v) is 17.1. The molecule has 0 heterocycles. The first-order chi connectivity index (χ1) is 12.3. The van der Waals surface area contributed by atoms with Crippen molar-refractivity contribution in [1.82, 2.24) is 0 Å². The highest BCUT2D eigenvalue weighted by atomic mass is 16.3. The molecule has 0 fully saturated rings. The second-order valence-electron chi connectivity index (χ2n) is 6.47. The van der Waals surface area contributed by atoms with Crippen molar-refractivity contribution >= 4 is 0 Å². The lowest BCUT2D eigenvalue weighted by Gasteiger charge is -2.09. The maximum atomic E-state index is 9.45. The third-order valence-electron chi connectivity index (χ3n) is 3.45. The third-order valence-corrected chi connectivity index (χ3v) is 3.45. The van der Waals surface area contributed by atoms with Gasteiger partial charge in [-0.25, -0.2) is 0 Å². The zero-order valence-electron chi connectivity index (χ0n) is 17.1. The van der Waals surface area contributed by atoms with Crippen LogP contribution >= 0.6 is 0 Å². The van der Waals surface area contributed by atoms with Gasteiger partial charge in [0.15, 0.2) is 0 Å². The number of aliphatic hydroxyl groups is 4. The molecule has 4 atom stereocenters. The molecule has 0 saturated carbocycles. The standard InChI is InChI=1S/C11H22O2.C11H18O2/c2*1-3-4-5-6-7-11(13)9-8-10(2)12/h4-5,10-13H,3,6-9H2,1-2H3;4-5,10-13H,3,6-7H2,1-2H3. The summed E-state index contributed by atoms with van der Waals surface area (Å²) in [6.07, 6.45) is 13.2. The first kappa shape index (κ1) is 27.1. The number of aliphatic hydroxyl groups excluding tert-OH is 4. The topological polar surface area (TPSA) is 80.9 Å². The van der Waals surface area contributed by atoms with Gasteiger partial charge in [0.1, 0.15) is 12.2 Å². The van der Waals surface area contributed by atoms with E-state index in [4.69, 9.17) is 10.2 Å². The van der Waals surface area contributed by atoms with E-state index in [1.165, 1.54) is 0 Å². The van der Waals surface area contributed by atoms with E-state index < -0.39 is 12.2 Å².